The first kappa shape index (κ1) is 70.8. The monoisotopic (exact) mass is 1360 g/mol. The van der Waals surface area contributed by atoms with Gasteiger partial charge in [0.1, 0.15) is 35.8 Å². The van der Waals surface area contributed by atoms with Gasteiger partial charge >= 0.3 is 22.6 Å². The van der Waals surface area contributed by atoms with E-state index in [4.69, 9.17) is 24.7 Å². The summed E-state index contributed by atoms with van der Waals surface area (Å²) in [5, 5.41) is 17.1. The zero-order chi connectivity index (χ0) is 69.0. The van der Waals surface area contributed by atoms with Gasteiger partial charge in [0.2, 0.25) is 29.5 Å². The maximum absolute atomic E-state index is 14.8. The largest absolute Gasteiger partial charge is 2.00 e. The van der Waals surface area contributed by atoms with Gasteiger partial charge in [-0.05, 0) is 138 Å². The van der Waals surface area contributed by atoms with E-state index in [2.05, 4.69) is 68.3 Å². The molecule has 9 aromatic rings. The minimum absolute atomic E-state index is 0. The molecule has 6 aromatic carbocycles. The van der Waals surface area contributed by atoms with Crippen molar-refractivity contribution < 1.29 is 50.0 Å². The number of nitrogens with zero attached hydrogens (tertiary/aromatic N) is 4. The summed E-state index contributed by atoms with van der Waals surface area (Å²) in [5.74, 6) is -3.58. The molecule has 0 fully saturated rings. The van der Waals surface area contributed by atoms with Crippen LogP contribution in [-0.2, 0) is 58.0 Å². The van der Waals surface area contributed by atoms with Crippen molar-refractivity contribution >= 4 is 87.7 Å². The van der Waals surface area contributed by atoms with E-state index in [9.17, 15) is 28.8 Å². The van der Waals surface area contributed by atoms with Gasteiger partial charge in [-0.3, -0.25) is 24.0 Å². The molecule has 3 aromatic heterocycles. The molecule has 11 rings (SSSR count). The number of ether oxygens (including phenoxy) is 1. The van der Waals surface area contributed by atoms with E-state index < -0.39 is 77.4 Å². The van der Waals surface area contributed by atoms with Crippen LogP contribution in [0.3, 0.4) is 0 Å². The first-order chi connectivity index (χ1) is 47.2. The Morgan fingerprint density at radius 2 is 0.758 bits per heavy atom. The van der Waals surface area contributed by atoms with Gasteiger partial charge in [-0.1, -0.05) is 216 Å². The number of hydrogen-bond donors (Lipinski definition) is 6. The molecule has 0 unspecified atom stereocenters. The maximum atomic E-state index is 14.8. The van der Waals surface area contributed by atoms with Gasteiger partial charge in [0.15, 0.2) is 0 Å². The molecule has 2 aliphatic heterocycles. The van der Waals surface area contributed by atoms with Gasteiger partial charge in [-0.25, -0.2) is 14.8 Å². The zero-order valence-corrected chi connectivity index (χ0v) is 57.5. The molecule has 0 aliphatic carbocycles. The van der Waals surface area contributed by atoms with E-state index >= 15 is 0 Å². The fourth-order valence-electron chi connectivity index (χ4n) is 12.0. The molecule has 5 atom stereocenters. The molecule has 6 N–H and O–H groups in total. The van der Waals surface area contributed by atoms with Crippen LogP contribution in [0, 0.1) is 11.8 Å². The van der Waals surface area contributed by atoms with Crippen LogP contribution in [0.4, 0.5) is 10.5 Å². The third-order valence-electron chi connectivity index (χ3n) is 16.8. The van der Waals surface area contributed by atoms with Crippen LogP contribution in [0.5, 0.6) is 0 Å². The Morgan fingerprint density at radius 3 is 1.13 bits per heavy atom. The minimum Gasteiger partial charge on any atom is -0.657 e. The smallest absolute Gasteiger partial charge is 0.657 e. The van der Waals surface area contributed by atoms with Crippen molar-refractivity contribution in [2.75, 3.05) is 5.32 Å². The number of aromatic nitrogens is 4. The van der Waals surface area contributed by atoms with E-state index in [1.54, 1.807) is 53.7 Å². The molecule has 8 bridgehead atoms. The van der Waals surface area contributed by atoms with Crippen LogP contribution >= 0.6 is 0 Å². The third-order valence-corrected chi connectivity index (χ3v) is 16.8. The number of carbonyl (C=O) groups is 6. The molecule has 0 saturated carbocycles. The van der Waals surface area contributed by atoms with Gasteiger partial charge in [-0.15, -0.1) is 22.1 Å². The summed E-state index contributed by atoms with van der Waals surface area (Å²) in [4.78, 5) is 106. The average Bonchev–Trinajstić information content (AvgIpc) is 1.62. The second-order valence-corrected chi connectivity index (χ2v) is 26.3. The van der Waals surface area contributed by atoms with E-state index in [1.807, 2.05) is 190 Å². The fourth-order valence-corrected chi connectivity index (χ4v) is 12.0. The summed E-state index contributed by atoms with van der Waals surface area (Å²) in [6, 6.07) is 58.3. The van der Waals surface area contributed by atoms with Crippen molar-refractivity contribution in [3.8, 4) is 44.5 Å². The Morgan fingerprint density at radius 1 is 0.404 bits per heavy atom. The molecule has 0 saturated heterocycles. The first-order valence-corrected chi connectivity index (χ1v) is 33.1. The molecule has 506 valence electrons. The molecule has 2 aliphatic rings. The molecule has 18 heteroatoms. The number of anilines is 1. The summed E-state index contributed by atoms with van der Waals surface area (Å²) >= 11 is 0. The molecule has 5 heterocycles. The van der Waals surface area contributed by atoms with Crippen molar-refractivity contribution in [1.82, 2.24) is 46.5 Å². The number of alkyl carbamates (subject to hydrolysis) is 1. The summed E-state index contributed by atoms with van der Waals surface area (Å²) in [5.41, 5.74) is 13.8. The fraction of sp³-hybridized carbons (Fsp3) is 0.235. The van der Waals surface area contributed by atoms with Crippen molar-refractivity contribution in [2.45, 2.75) is 110 Å². The summed E-state index contributed by atoms with van der Waals surface area (Å²) in [7, 11) is 0. The number of hydrogen-bond acceptors (Lipinski definition) is 9. The Bertz CT molecular complexity index is 4570. The minimum atomic E-state index is -1.24. The Kier molecular flexibility index (Phi) is 22.8. The molecule has 0 spiro atoms. The SMILES string of the molecule is CC(C)C[C@H](NC(=O)OC(C)(C)C)C(=O)N[C@H](C(=O)N[C@@H](Cc1ccccc1)C(=O)N[C@@H](Cc1ccccc1)C(=O)N[C@@H](C)C(=O)Nc1ccc(-c2c3nc(c(-c4ccccc4)c4ccc([n-]4)c(-c4ccccc4)c4nc(c(-c5ccccc5)c5ccc2[n-]5)C=C4)C=C3)cc1)C(C)C.[Ni+2]. The van der Waals surface area contributed by atoms with Crippen molar-refractivity contribution in [3.05, 3.63) is 234 Å². The summed E-state index contributed by atoms with van der Waals surface area (Å²) in [6.45, 7) is 14.0. The van der Waals surface area contributed by atoms with E-state index in [1.165, 1.54) is 0 Å². The quantitative estimate of drug-likeness (QED) is 0.0349. The van der Waals surface area contributed by atoms with E-state index in [-0.39, 0.29) is 41.7 Å². The van der Waals surface area contributed by atoms with E-state index in [0.717, 1.165) is 72.5 Å². The van der Waals surface area contributed by atoms with Crippen molar-refractivity contribution in [3.63, 3.8) is 0 Å². The number of rotatable bonds is 22. The van der Waals surface area contributed by atoms with Gasteiger partial charge in [0, 0.05) is 18.5 Å². The summed E-state index contributed by atoms with van der Waals surface area (Å²) < 4.78 is 5.46. The maximum Gasteiger partial charge on any atom is 2.00 e. The normalized spacial score (nSPS) is 13.2. The summed E-state index contributed by atoms with van der Waals surface area (Å²) in [6.07, 6.45) is 7.63. The molecule has 99 heavy (non-hydrogen) atoms. The molecule has 6 amide bonds. The topological polar surface area (TPSA) is 238 Å². The van der Waals surface area contributed by atoms with Crippen LogP contribution in [0.1, 0.15) is 95.7 Å². The Labute approximate surface area is 587 Å². The molecular formula is C81H80N10NiO7. The third kappa shape index (κ3) is 17.8. The average molecular weight is 1360 g/mol. The van der Waals surface area contributed by atoms with Crippen LogP contribution < -0.4 is 41.9 Å². The second kappa shape index (κ2) is 31.9. The first-order valence-electron chi connectivity index (χ1n) is 33.1. The van der Waals surface area contributed by atoms with Gasteiger partial charge < -0.3 is 46.6 Å². The molecular weight excluding hydrogens is 1280 g/mol. The number of nitrogens with one attached hydrogen (secondary N) is 6. The number of carbonyl (C=O) groups excluding carboxylic acids is 6. The van der Waals surface area contributed by atoms with E-state index in [0.29, 0.717) is 33.7 Å². The predicted molar refractivity (Wildman–Crippen MR) is 388 cm³/mol. The van der Waals surface area contributed by atoms with Crippen LogP contribution in [0.2, 0.25) is 0 Å². The van der Waals surface area contributed by atoms with Crippen LogP contribution in [-0.4, -0.2) is 81.4 Å². The Balaban J connectivity index is 0.0000106. The van der Waals surface area contributed by atoms with Crippen LogP contribution in [0.15, 0.2) is 200 Å². The Hall–Kier alpha value is -11.0. The van der Waals surface area contributed by atoms with Crippen molar-refractivity contribution in [2.24, 2.45) is 11.8 Å². The number of fused-ring (bicyclic) bond motifs is 8. The second-order valence-electron chi connectivity index (χ2n) is 26.3. The van der Waals surface area contributed by atoms with Gasteiger partial charge in [-0.2, -0.15) is 0 Å². The van der Waals surface area contributed by atoms with Gasteiger partial charge in [0.25, 0.3) is 0 Å². The number of benzene rings is 6. The predicted octanol–water partition coefficient (Wildman–Crippen LogP) is 13.6. The van der Waals surface area contributed by atoms with Crippen LogP contribution in [0.25, 0.3) is 90.9 Å². The molecule has 17 nitrogen and oxygen atoms in total. The molecule has 0 radical (unpaired) electrons. The standard InChI is InChI=1S/C81H82N10O7.Ni/c1-49(2)46-67(90-80(97)98-81(6,7)8)78(95)91-74(50(3)4)79(96)89-69(48-53-26-16-10-17-27-53)77(94)88-68(47-52-24-14-9-15-25-52)76(93)82-51(5)75(92)83-58-36-34-57(35-37-58)73-65-44-42-63(86-65)71(55-30-20-12-21-31-55)61-40-38-59(84-61)70(54-28-18-11-19-29-54)60-39-41-62(85-60)72(56-32-22-13-23-33-56)64-43-45-66(73)87-64;/h9-45,49-51,67-69,74H,46-48H2,1-8H3,(H8,82,83,84,85,86,87,88,89,90,91,92,93,94,95,96,97);/q;+2/p-2/t51-,67-,68-,69-,74-;/m0./s1. The zero-order valence-electron chi connectivity index (χ0n) is 56.5. The number of amides is 6. The van der Waals surface area contributed by atoms with Gasteiger partial charge in [0.05, 0.1) is 22.8 Å². The van der Waals surface area contributed by atoms with Crippen molar-refractivity contribution in [1.29, 1.82) is 0 Å².